The number of furan rings is 1. The van der Waals surface area contributed by atoms with E-state index < -0.39 is 0 Å². The third-order valence-electron chi connectivity index (χ3n) is 3.29. The second-order valence-corrected chi connectivity index (χ2v) is 4.52. The zero-order chi connectivity index (χ0) is 14.3. The Morgan fingerprint density at radius 1 is 1.15 bits per heavy atom. The molecule has 20 heavy (non-hydrogen) atoms. The molecule has 3 aromatic rings. The Balaban J connectivity index is 2.19. The number of ketones is 1. The van der Waals surface area contributed by atoms with Gasteiger partial charge in [0.15, 0.2) is 0 Å². The molecule has 0 saturated carbocycles. The van der Waals surface area contributed by atoms with E-state index in [1.54, 1.807) is 0 Å². The van der Waals surface area contributed by atoms with Crippen molar-refractivity contribution in [2.75, 3.05) is 0 Å². The maximum atomic E-state index is 12.9. The standard InChI is InChI=1S/C15H11FN2O2/c1-8-9(2)20-15-12(8)13(17-7-18-15)14(19)10-3-5-11(16)6-4-10/h3-7H,1-2H3. The molecule has 0 unspecified atom stereocenters. The quantitative estimate of drug-likeness (QED) is 0.671. The molecule has 0 aliphatic rings. The Morgan fingerprint density at radius 3 is 2.55 bits per heavy atom. The van der Waals surface area contributed by atoms with E-state index in [9.17, 15) is 9.18 Å². The first-order valence-electron chi connectivity index (χ1n) is 6.09. The third kappa shape index (κ3) is 1.87. The van der Waals surface area contributed by atoms with Gasteiger partial charge in [-0.25, -0.2) is 14.4 Å². The van der Waals surface area contributed by atoms with E-state index in [1.807, 2.05) is 13.8 Å². The molecule has 1 aromatic carbocycles. The van der Waals surface area contributed by atoms with Crippen molar-refractivity contribution in [2.45, 2.75) is 13.8 Å². The van der Waals surface area contributed by atoms with Crippen LogP contribution in [0.3, 0.4) is 0 Å². The van der Waals surface area contributed by atoms with E-state index in [1.165, 1.54) is 30.6 Å². The SMILES string of the molecule is Cc1oc2ncnc(C(=O)c3ccc(F)cc3)c2c1C. The Hall–Kier alpha value is -2.56. The van der Waals surface area contributed by atoms with Crippen LogP contribution in [-0.4, -0.2) is 15.8 Å². The van der Waals surface area contributed by atoms with Crippen LogP contribution in [0, 0.1) is 19.7 Å². The second kappa shape index (κ2) is 4.52. The first-order valence-corrected chi connectivity index (χ1v) is 6.09. The minimum atomic E-state index is -0.385. The number of nitrogens with zero attached hydrogens (tertiary/aromatic N) is 2. The summed E-state index contributed by atoms with van der Waals surface area (Å²) in [7, 11) is 0. The number of benzene rings is 1. The monoisotopic (exact) mass is 270 g/mol. The van der Waals surface area contributed by atoms with Gasteiger partial charge in [0, 0.05) is 11.1 Å². The highest BCUT2D eigenvalue weighted by molar-refractivity contribution is 6.14. The number of fused-ring (bicyclic) bond motifs is 1. The fourth-order valence-corrected chi connectivity index (χ4v) is 2.09. The lowest BCUT2D eigenvalue weighted by Crippen LogP contribution is -2.05. The minimum Gasteiger partial charge on any atom is -0.443 e. The topological polar surface area (TPSA) is 56.0 Å². The number of hydrogen-bond donors (Lipinski definition) is 0. The molecule has 0 radical (unpaired) electrons. The van der Waals surface area contributed by atoms with E-state index in [4.69, 9.17) is 4.42 Å². The number of hydrogen-bond acceptors (Lipinski definition) is 4. The molecule has 2 aromatic heterocycles. The van der Waals surface area contributed by atoms with E-state index in [-0.39, 0.29) is 17.3 Å². The Morgan fingerprint density at radius 2 is 1.85 bits per heavy atom. The zero-order valence-corrected chi connectivity index (χ0v) is 11.0. The lowest BCUT2D eigenvalue weighted by molar-refractivity contribution is 0.103. The first kappa shape index (κ1) is 12.5. The van der Waals surface area contributed by atoms with Crippen molar-refractivity contribution in [2.24, 2.45) is 0 Å². The summed E-state index contributed by atoms with van der Waals surface area (Å²) in [5, 5.41) is 0.610. The van der Waals surface area contributed by atoms with Crippen LogP contribution in [0.1, 0.15) is 27.4 Å². The largest absolute Gasteiger partial charge is 0.443 e. The molecule has 0 atom stereocenters. The van der Waals surface area contributed by atoms with Crippen LogP contribution in [0.15, 0.2) is 35.0 Å². The average Bonchev–Trinajstić information content (AvgIpc) is 2.74. The molecule has 4 nitrogen and oxygen atoms in total. The molecule has 2 heterocycles. The third-order valence-corrected chi connectivity index (χ3v) is 3.29. The van der Waals surface area contributed by atoms with Gasteiger partial charge in [0.1, 0.15) is 23.6 Å². The number of aryl methyl sites for hydroxylation is 2. The minimum absolute atomic E-state index is 0.274. The number of halogens is 1. The van der Waals surface area contributed by atoms with Crippen molar-refractivity contribution in [3.05, 3.63) is 59.0 Å². The van der Waals surface area contributed by atoms with Crippen molar-refractivity contribution in [3.8, 4) is 0 Å². The molecule has 100 valence electrons. The zero-order valence-electron chi connectivity index (χ0n) is 11.0. The van der Waals surface area contributed by atoms with E-state index >= 15 is 0 Å². The molecule has 0 aliphatic heterocycles. The summed E-state index contributed by atoms with van der Waals surface area (Å²) in [5.41, 5.74) is 1.88. The van der Waals surface area contributed by atoms with Gasteiger partial charge in [-0.15, -0.1) is 0 Å². The van der Waals surface area contributed by atoms with Gasteiger partial charge in [0.2, 0.25) is 11.5 Å². The molecule has 0 fully saturated rings. The van der Waals surface area contributed by atoms with Gasteiger partial charge in [0.05, 0.1) is 5.39 Å². The fraction of sp³-hybridized carbons (Fsp3) is 0.133. The molecule has 0 spiro atoms. The molecule has 0 saturated heterocycles. The molecular formula is C15H11FN2O2. The van der Waals surface area contributed by atoms with Crippen LogP contribution in [-0.2, 0) is 0 Å². The van der Waals surface area contributed by atoms with Crippen molar-refractivity contribution < 1.29 is 13.6 Å². The first-order chi connectivity index (χ1) is 9.58. The van der Waals surface area contributed by atoms with E-state index in [0.29, 0.717) is 22.4 Å². The van der Waals surface area contributed by atoms with Gasteiger partial charge < -0.3 is 4.42 Å². The van der Waals surface area contributed by atoms with Gasteiger partial charge in [-0.1, -0.05) is 0 Å². The molecular weight excluding hydrogens is 259 g/mol. The van der Waals surface area contributed by atoms with Crippen LogP contribution in [0.4, 0.5) is 4.39 Å². The van der Waals surface area contributed by atoms with Crippen LogP contribution in [0.25, 0.3) is 11.1 Å². The summed E-state index contributed by atoms with van der Waals surface area (Å²) >= 11 is 0. The lowest BCUT2D eigenvalue weighted by Gasteiger charge is -2.02. The normalized spacial score (nSPS) is 10.9. The molecule has 0 amide bonds. The fourth-order valence-electron chi connectivity index (χ4n) is 2.09. The highest BCUT2D eigenvalue weighted by Gasteiger charge is 2.20. The molecule has 3 rings (SSSR count). The predicted molar refractivity (Wildman–Crippen MR) is 71.1 cm³/mol. The Labute approximate surface area is 114 Å². The number of rotatable bonds is 2. The summed E-state index contributed by atoms with van der Waals surface area (Å²) in [6.07, 6.45) is 1.29. The van der Waals surface area contributed by atoms with Crippen molar-refractivity contribution in [1.29, 1.82) is 0 Å². The van der Waals surface area contributed by atoms with Crippen LogP contribution in [0.2, 0.25) is 0 Å². The van der Waals surface area contributed by atoms with Crippen molar-refractivity contribution >= 4 is 16.9 Å². The predicted octanol–water partition coefficient (Wildman–Crippen LogP) is 3.21. The summed E-state index contributed by atoms with van der Waals surface area (Å²) in [6.45, 7) is 3.66. The maximum absolute atomic E-state index is 12.9. The second-order valence-electron chi connectivity index (χ2n) is 4.52. The summed E-state index contributed by atoms with van der Waals surface area (Å²) in [4.78, 5) is 20.6. The summed E-state index contributed by atoms with van der Waals surface area (Å²) in [5.74, 6) is 0.0414. The Kier molecular flexibility index (Phi) is 2.82. The molecule has 0 N–H and O–H groups in total. The van der Waals surface area contributed by atoms with Gasteiger partial charge in [-0.3, -0.25) is 4.79 Å². The maximum Gasteiger partial charge on any atom is 0.230 e. The number of carbonyl (C=O) groups is 1. The van der Waals surface area contributed by atoms with Gasteiger partial charge in [-0.05, 0) is 38.1 Å². The van der Waals surface area contributed by atoms with Crippen molar-refractivity contribution in [3.63, 3.8) is 0 Å². The lowest BCUT2D eigenvalue weighted by atomic mass is 10.0. The average molecular weight is 270 g/mol. The molecule has 0 aliphatic carbocycles. The van der Waals surface area contributed by atoms with Gasteiger partial charge in [0.25, 0.3) is 0 Å². The van der Waals surface area contributed by atoms with Crippen LogP contribution in [0.5, 0.6) is 0 Å². The van der Waals surface area contributed by atoms with E-state index in [2.05, 4.69) is 9.97 Å². The molecule has 0 bridgehead atoms. The van der Waals surface area contributed by atoms with Crippen LogP contribution >= 0.6 is 0 Å². The number of carbonyl (C=O) groups excluding carboxylic acids is 1. The highest BCUT2D eigenvalue weighted by atomic mass is 19.1. The molecule has 5 heteroatoms. The van der Waals surface area contributed by atoms with Crippen LogP contribution < -0.4 is 0 Å². The Bertz CT molecular complexity index is 807. The number of aromatic nitrogens is 2. The summed E-state index contributed by atoms with van der Waals surface area (Å²) in [6, 6.07) is 5.37. The van der Waals surface area contributed by atoms with Gasteiger partial charge in [-0.2, -0.15) is 0 Å². The van der Waals surface area contributed by atoms with Crippen molar-refractivity contribution in [1.82, 2.24) is 9.97 Å². The smallest absolute Gasteiger partial charge is 0.230 e. The highest BCUT2D eigenvalue weighted by Crippen LogP contribution is 2.26. The summed E-state index contributed by atoms with van der Waals surface area (Å²) < 4.78 is 18.4. The van der Waals surface area contributed by atoms with E-state index in [0.717, 1.165) is 5.56 Å². The van der Waals surface area contributed by atoms with Gasteiger partial charge >= 0.3 is 0 Å².